The Bertz CT molecular complexity index is 540. The summed E-state index contributed by atoms with van der Waals surface area (Å²) in [6.07, 6.45) is -0.784. The lowest BCUT2D eigenvalue weighted by Crippen LogP contribution is -2.42. The van der Waals surface area contributed by atoms with Gasteiger partial charge in [-0.05, 0) is 5.53 Å². The normalized spacial score (nSPS) is 25.1. The molecule has 3 N–H and O–H groups in total. The molecule has 0 aliphatic carbocycles. The zero-order valence-electron chi connectivity index (χ0n) is 12.6. The van der Waals surface area contributed by atoms with E-state index in [2.05, 4.69) is 15.3 Å². The van der Waals surface area contributed by atoms with E-state index in [0.717, 1.165) is 4.90 Å². The van der Waals surface area contributed by atoms with Gasteiger partial charge in [0.1, 0.15) is 18.6 Å². The van der Waals surface area contributed by atoms with E-state index in [-0.39, 0.29) is 13.9 Å². The molecule has 0 spiro atoms. The summed E-state index contributed by atoms with van der Waals surface area (Å²) < 4.78 is 5.23. The van der Waals surface area contributed by atoms with Crippen LogP contribution in [0.1, 0.15) is 6.42 Å². The van der Waals surface area contributed by atoms with Gasteiger partial charge in [-0.15, -0.1) is 0 Å². The highest BCUT2D eigenvalue weighted by Crippen LogP contribution is 2.27. The number of urea groups is 1. The second-order valence-corrected chi connectivity index (χ2v) is 9.88. The molecule has 0 radical (unpaired) electrons. The van der Waals surface area contributed by atoms with Gasteiger partial charge in [-0.1, -0.05) is 50.3 Å². The Hall–Kier alpha value is -0.670. The number of nitrogens with one attached hydrogen (secondary N) is 1. The fourth-order valence-corrected chi connectivity index (χ4v) is 3.23. The number of ether oxygens (including phenoxy) is 1. The average Bonchev–Trinajstić information content (AvgIpc) is 2.94. The summed E-state index contributed by atoms with van der Waals surface area (Å²) in [6.45, 7) is -0.394. The molecular formula is C12H17I2N5O5. The van der Waals surface area contributed by atoms with Crippen LogP contribution in [0.15, 0.2) is 16.9 Å². The zero-order chi connectivity index (χ0) is 18.3. The molecule has 0 aromatic carbocycles. The molecule has 4 atom stereocenters. The molecule has 0 unspecified atom stereocenters. The van der Waals surface area contributed by atoms with Gasteiger partial charge >= 0.3 is 6.03 Å². The van der Waals surface area contributed by atoms with Crippen LogP contribution in [0.4, 0.5) is 4.79 Å². The molecule has 134 valence electrons. The summed E-state index contributed by atoms with van der Waals surface area (Å²) in [5.74, 6) is 0. The van der Waals surface area contributed by atoms with Crippen molar-refractivity contribution in [2.24, 2.45) is 5.11 Å². The Morgan fingerprint density at radius 1 is 1.62 bits per heavy atom. The minimum Gasteiger partial charge on any atom is -0.394 e. The quantitative estimate of drug-likeness (QED) is 0.0804. The molecule has 1 saturated heterocycles. The van der Waals surface area contributed by atoms with Crippen LogP contribution in [0.25, 0.3) is 10.4 Å². The van der Waals surface area contributed by atoms with Gasteiger partial charge in [-0.3, -0.25) is 9.69 Å². The minimum absolute atomic E-state index is 0.0748. The predicted molar refractivity (Wildman–Crippen MR) is 102 cm³/mol. The number of alkyl halides is 2. The molecule has 24 heavy (non-hydrogen) atoms. The molecule has 1 heterocycles. The van der Waals surface area contributed by atoms with Crippen LogP contribution in [-0.4, -0.2) is 67.5 Å². The SMILES string of the molecule is CNC(=O)N(/C=C(\C=O)[C@H](N=[N+]=[N-])C(I)I)[C@H]1C[C@H](O)[C@@H](CO)O1. The smallest absolute Gasteiger partial charge is 0.323 e. The molecule has 0 bridgehead atoms. The van der Waals surface area contributed by atoms with Crippen molar-refractivity contribution in [1.29, 1.82) is 0 Å². The van der Waals surface area contributed by atoms with Crippen molar-refractivity contribution in [2.45, 2.75) is 32.8 Å². The molecule has 0 aromatic heterocycles. The zero-order valence-corrected chi connectivity index (χ0v) is 16.9. The van der Waals surface area contributed by atoms with Gasteiger partial charge < -0.3 is 20.3 Å². The Labute approximate surface area is 165 Å². The topological polar surface area (TPSA) is 148 Å². The highest BCUT2D eigenvalue weighted by molar-refractivity contribution is 14.2. The number of carbonyl (C=O) groups is 2. The predicted octanol–water partition coefficient (Wildman–Crippen LogP) is 1.05. The number of hydrogen-bond donors (Lipinski definition) is 3. The molecule has 1 rings (SSSR count). The summed E-state index contributed by atoms with van der Waals surface area (Å²) in [5.41, 5.74) is 8.76. The van der Waals surface area contributed by atoms with E-state index in [0.29, 0.717) is 6.29 Å². The van der Waals surface area contributed by atoms with E-state index < -0.39 is 37.1 Å². The van der Waals surface area contributed by atoms with Crippen molar-refractivity contribution in [2.75, 3.05) is 13.7 Å². The van der Waals surface area contributed by atoms with Crippen LogP contribution in [0.2, 0.25) is 0 Å². The van der Waals surface area contributed by atoms with Crippen LogP contribution in [0.3, 0.4) is 0 Å². The largest absolute Gasteiger partial charge is 0.394 e. The molecule has 1 aliphatic heterocycles. The summed E-state index contributed by atoms with van der Waals surface area (Å²) >= 11 is 4.00. The Balaban J connectivity index is 3.17. The monoisotopic (exact) mass is 565 g/mol. The van der Waals surface area contributed by atoms with E-state index in [9.17, 15) is 14.7 Å². The van der Waals surface area contributed by atoms with Crippen molar-refractivity contribution in [3.63, 3.8) is 0 Å². The lowest BCUT2D eigenvalue weighted by Gasteiger charge is -2.26. The fraction of sp³-hybridized carbons (Fsp3) is 0.667. The van der Waals surface area contributed by atoms with Crippen molar-refractivity contribution in [1.82, 2.24) is 10.2 Å². The maximum Gasteiger partial charge on any atom is 0.323 e. The van der Waals surface area contributed by atoms with Gasteiger partial charge in [-0.2, -0.15) is 0 Å². The molecule has 10 nitrogen and oxygen atoms in total. The van der Waals surface area contributed by atoms with Crippen molar-refractivity contribution in [3.8, 4) is 0 Å². The van der Waals surface area contributed by atoms with Gasteiger partial charge in [-0.25, -0.2) is 4.79 Å². The van der Waals surface area contributed by atoms with Crippen LogP contribution in [-0.2, 0) is 9.53 Å². The molecule has 1 fully saturated rings. The Morgan fingerprint density at radius 3 is 2.71 bits per heavy atom. The number of rotatable bonds is 7. The summed E-state index contributed by atoms with van der Waals surface area (Å²) in [7, 11) is 1.41. The summed E-state index contributed by atoms with van der Waals surface area (Å²) in [5, 5.41) is 25.0. The highest BCUT2D eigenvalue weighted by Gasteiger charge is 2.38. The minimum atomic E-state index is -0.935. The Morgan fingerprint density at radius 2 is 2.29 bits per heavy atom. The standard InChI is InChI=1S/C12H17I2N5O5/c1-16-12(23)19(9-2-7(22)8(5-21)24-9)3-6(4-20)10(11(13)14)17-18-15/h3-4,7-11,21-22H,2,5H2,1H3,(H,16,23)/b6-3+/t7-,8+,9+,10-/m0/s1. The lowest BCUT2D eigenvalue weighted by atomic mass is 10.1. The van der Waals surface area contributed by atoms with Crippen molar-refractivity contribution < 1.29 is 24.5 Å². The number of nitrogens with zero attached hydrogens (tertiary/aromatic N) is 4. The van der Waals surface area contributed by atoms with Crippen LogP contribution >= 0.6 is 45.2 Å². The van der Waals surface area contributed by atoms with Gasteiger partial charge in [0.05, 0.1) is 20.7 Å². The number of aliphatic hydroxyl groups is 2. The summed E-state index contributed by atoms with van der Waals surface area (Å²) in [6, 6.07) is -1.34. The van der Waals surface area contributed by atoms with Gasteiger partial charge in [0, 0.05) is 30.2 Å². The van der Waals surface area contributed by atoms with E-state index >= 15 is 0 Å². The average molecular weight is 565 g/mol. The Kier molecular flexibility index (Phi) is 9.22. The first-order valence-corrected chi connectivity index (χ1v) is 9.32. The van der Waals surface area contributed by atoms with Crippen molar-refractivity contribution >= 4 is 57.5 Å². The molecule has 0 saturated carbocycles. The third-order valence-corrected chi connectivity index (χ3v) is 4.69. The third kappa shape index (κ3) is 5.42. The lowest BCUT2D eigenvalue weighted by molar-refractivity contribution is -0.105. The van der Waals surface area contributed by atoms with E-state index in [1.165, 1.54) is 13.2 Å². The first kappa shape index (κ1) is 21.4. The molecular weight excluding hydrogens is 548 g/mol. The van der Waals surface area contributed by atoms with Crippen LogP contribution in [0.5, 0.6) is 0 Å². The number of carbonyl (C=O) groups excluding carboxylic acids is 2. The second kappa shape index (κ2) is 10.4. The van der Waals surface area contributed by atoms with E-state index in [1.54, 1.807) is 0 Å². The third-order valence-electron chi connectivity index (χ3n) is 3.32. The number of azide groups is 1. The number of halogens is 2. The van der Waals surface area contributed by atoms with Gasteiger partial charge in [0.2, 0.25) is 0 Å². The number of amides is 2. The fourth-order valence-electron chi connectivity index (χ4n) is 2.11. The van der Waals surface area contributed by atoms with Crippen LogP contribution in [0, 0.1) is 0 Å². The molecule has 0 aromatic rings. The second-order valence-electron chi connectivity index (χ2n) is 4.81. The highest BCUT2D eigenvalue weighted by atomic mass is 127. The van der Waals surface area contributed by atoms with E-state index in [4.69, 9.17) is 15.4 Å². The number of hydrogen-bond acceptors (Lipinski definition) is 6. The maximum absolute atomic E-state index is 12.1. The van der Waals surface area contributed by atoms with Crippen LogP contribution < -0.4 is 5.32 Å². The number of aliphatic hydroxyl groups excluding tert-OH is 2. The first-order chi connectivity index (χ1) is 11.4. The maximum atomic E-state index is 12.1. The molecule has 1 aliphatic rings. The van der Waals surface area contributed by atoms with E-state index in [1.807, 2.05) is 45.2 Å². The van der Waals surface area contributed by atoms with Gasteiger partial charge in [0.15, 0.2) is 0 Å². The molecule has 12 heteroatoms. The first-order valence-electron chi connectivity index (χ1n) is 6.83. The van der Waals surface area contributed by atoms with Crippen molar-refractivity contribution in [3.05, 3.63) is 22.2 Å². The molecule has 2 amide bonds. The van der Waals surface area contributed by atoms with Gasteiger partial charge in [0.25, 0.3) is 0 Å². The summed E-state index contributed by atoms with van der Waals surface area (Å²) in [4.78, 5) is 27.4. The number of aldehydes is 1.